The van der Waals surface area contributed by atoms with Crippen molar-refractivity contribution >= 4 is 29.1 Å². The first-order valence-electron chi connectivity index (χ1n) is 10.8. The monoisotopic (exact) mass is 491 g/mol. The number of rotatable bonds is 9. The van der Waals surface area contributed by atoms with E-state index < -0.39 is 11.4 Å². The molecular formula is C26H22FN3O4S. The van der Waals surface area contributed by atoms with Gasteiger partial charge in [0.25, 0.3) is 11.1 Å². The summed E-state index contributed by atoms with van der Waals surface area (Å²) < 4.78 is 24.6. The first kappa shape index (κ1) is 24.2. The molecule has 0 saturated heterocycles. The van der Waals surface area contributed by atoms with Crippen molar-refractivity contribution in [2.24, 2.45) is 0 Å². The maximum absolute atomic E-state index is 13.2. The average molecular weight is 492 g/mol. The van der Waals surface area contributed by atoms with Gasteiger partial charge in [-0.15, -0.1) is 10.2 Å². The fourth-order valence-corrected chi connectivity index (χ4v) is 4.11. The molecule has 1 aromatic heterocycles. The first-order valence-corrected chi connectivity index (χ1v) is 11.7. The van der Waals surface area contributed by atoms with E-state index in [4.69, 9.17) is 9.15 Å². The summed E-state index contributed by atoms with van der Waals surface area (Å²) in [7, 11) is 0. The molecule has 0 radical (unpaired) electrons. The van der Waals surface area contributed by atoms with Crippen molar-refractivity contribution in [3.05, 3.63) is 102 Å². The third kappa shape index (κ3) is 6.33. The molecular weight excluding hydrogens is 469 g/mol. The smallest absolute Gasteiger partial charge is 0.277 e. The summed E-state index contributed by atoms with van der Waals surface area (Å²) in [5.74, 6) is -0.0821. The molecule has 0 unspecified atom stereocenters. The molecule has 4 aromatic rings. The van der Waals surface area contributed by atoms with Crippen molar-refractivity contribution in [1.29, 1.82) is 0 Å². The van der Waals surface area contributed by atoms with Gasteiger partial charge in [-0.3, -0.25) is 9.59 Å². The maximum Gasteiger partial charge on any atom is 0.277 e. The summed E-state index contributed by atoms with van der Waals surface area (Å²) in [5, 5.41) is 10.5. The van der Waals surface area contributed by atoms with Crippen LogP contribution in [0.3, 0.4) is 0 Å². The van der Waals surface area contributed by atoms with E-state index in [1.54, 1.807) is 31.2 Å². The minimum atomic E-state index is -0.696. The van der Waals surface area contributed by atoms with Crippen LogP contribution in [0, 0.1) is 5.82 Å². The lowest BCUT2D eigenvalue weighted by Gasteiger charge is -2.15. The van der Waals surface area contributed by atoms with Crippen molar-refractivity contribution in [1.82, 2.24) is 10.2 Å². The lowest BCUT2D eigenvalue weighted by atomic mass is 10.1. The largest absolute Gasteiger partial charge is 0.481 e. The van der Waals surface area contributed by atoms with E-state index in [0.717, 1.165) is 17.3 Å². The van der Waals surface area contributed by atoms with E-state index in [1.165, 1.54) is 31.2 Å². The van der Waals surface area contributed by atoms with Gasteiger partial charge >= 0.3 is 0 Å². The number of benzene rings is 3. The Kier molecular flexibility index (Phi) is 7.57. The molecule has 0 aliphatic rings. The lowest BCUT2D eigenvalue weighted by Crippen LogP contribution is -2.19. The molecule has 4 rings (SSSR count). The minimum absolute atomic E-state index is 0.0922. The van der Waals surface area contributed by atoms with Gasteiger partial charge in [0.1, 0.15) is 16.8 Å². The average Bonchev–Trinajstić information content (AvgIpc) is 3.33. The van der Waals surface area contributed by atoms with Gasteiger partial charge in [-0.25, -0.2) is 4.39 Å². The van der Waals surface area contributed by atoms with Crippen molar-refractivity contribution in [3.63, 3.8) is 0 Å². The highest BCUT2D eigenvalue weighted by atomic mass is 32.2. The van der Waals surface area contributed by atoms with Gasteiger partial charge in [-0.1, -0.05) is 42.5 Å². The molecule has 0 fully saturated rings. The predicted octanol–water partition coefficient (Wildman–Crippen LogP) is 6.02. The van der Waals surface area contributed by atoms with Crippen LogP contribution in [0.2, 0.25) is 0 Å². The Balaban J connectivity index is 1.51. The van der Waals surface area contributed by atoms with Crippen LogP contribution in [-0.2, 0) is 4.79 Å². The number of halogens is 1. The number of aromatic nitrogens is 2. The third-order valence-electron chi connectivity index (χ3n) is 4.99. The number of amides is 1. The molecule has 7 nitrogen and oxygen atoms in total. The van der Waals surface area contributed by atoms with Gasteiger partial charge in [-0.05, 0) is 67.6 Å². The number of hydrogen-bond donors (Lipinski definition) is 1. The summed E-state index contributed by atoms with van der Waals surface area (Å²) in [6.07, 6.45) is -0.583. The van der Waals surface area contributed by atoms with E-state index in [2.05, 4.69) is 15.5 Å². The van der Waals surface area contributed by atoms with Gasteiger partial charge in [0.2, 0.25) is 5.91 Å². The Labute approximate surface area is 205 Å². The van der Waals surface area contributed by atoms with Crippen LogP contribution in [0.5, 0.6) is 5.75 Å². The van der Waals surface area contributed by atoms with E-state index in [-0.39, 0.29) is 28.6 Å². The van der Waals surface area contributed by atoms with Crippen LogP contribution < -0.4 is 10.1 Å². The summed E-state index contributed by atoms with van der Waals surface area (Å²) in [5.41, 5.74) is 1.76. The van der Waals surface area contributed by atoms with Crippen molar-refractivity contribution in [2.75, 3.05) is 5.32 Å². The Hall–Kier alpha value is -3.98. The fraction of sp³-hybridized carbons (Fsp3) is 0.154. The normalized spacial score (nSPS) is 12.5. The van der Waals surface area contributed by atoms with Gasteiger partial charge in [-0.2, -0.15) is 0 Å². The predicted molar refractivity (Wildman–Crippen MR) is 130 cm³/mol. The van der Waals surface area contributed by atoms with Gasteiger partial charge < -0.3 is 14.5 Å². The van der Waals surface area contributed by atoms with Gasteiger partial charge in [0.05, 0.1) is 0 Å². The topological polar surface area (TPSA) is 94.3 Å². The molecule has 2 atom stereocenters. The van der Waals surface area contributed by atoms with Crippen LogP contribution >= 0.6 is 11.8 Å². The van der Waals surface area contributed by atoms with Crippen molar-refractivity contribution < 1.29 is 23.1 Å². The molecule has 1 N–H and O–H groups in total. The molecule has 35 heavy (non-hydrogen) atoms. The molecule has 178 valence electrons. The van der Waals surface area contributed by atoms with Crippen LogP contribution in [0.25, 0.3) is 0 Å². The molecule has 1 heterocycles. The number of nitrogens with one attached hydrogen (secondary N) is 1. The van der Waals surface area contributed by atoms with E-state index in [1.807, 2.05) is 30.3 Å². The number of ether oxygens (including phenoxy) is 1. The number of anilines is 1. The highest BCUT2D eigenvalue weighted by Crippen LogP contribution is 2.36. The number of nitrogens with zero attached hydrogens (tertiary/aromatic N) is 2. The third-order valence-corrected chi connectivity index (χ3v) is 6.08. The number of hydrogen-bond acceptors (Lipinski definition) is 7. The molecule has 3 aromatic carbocycles. The SMILES string of the molecule is CC(=O)c1cccc(NC(=O)[C@H](Sc2nnc([C@H](C)Oc3ccc(F)cc3)o2)c2ccccc2)c1. The molecule has 0 saturated carbocycles. The highest BCUT2D eigenvalue weighted by molar-refractivity contribution is 8.00. The highest BCUT2D eigenvalue weighted by Gasteiger charge is 2.26. The van der Waals surface area contributed by atoms with Crippen molar-refractivity contribution in [2.45, 2.75) is 30.4 Å². The molecule has 0 bridgehead atoms. The van der Waals surface area contributed by atoms with Crippen LogP contribution in [0.1, 0.15) is 47.0 Å². The summed E-state index contributed by atoms with van der Waals surface area (Å²) in [4.78, 5) is 24.9. The standard InChI is InChI=1S/C26H22FN3O4S/c1-16(31)19-9-6-10-21(15-19)28-24(32)23(18-7-4-3-5-8-18)35-26-30-29-25(34-26)17(2)33-22-13-11-20(27)12-14-22/h3-15,17,23H,1-2H3,(H,28,32)/t17-,23+/m0/s1. The Morgan fingerprint density at radius 3 is 2.46 bits per heavy atom. The molecule has 9 heteroatoms. The lowest BCUT2D eigenvalue weighted by molar-refractivity contribution is -0.115. The summed E-state index contributed by atoms with van der Waals surface area (Å²) in [6, 6.07) is 21.6. The Morgan fingerprint density at radius 1 is 1.00 bits per heavy atom. The fourth-order valence-electron chi connectivity index (χ4n) is 3.23. The molecule has 0 aliphatic heterocycles. The number of thioether (sulfide) groups is 1. The molecule has 0 spiro atoms. The Bertz CT molecular complexity index is 1310. The zero-order valence-corrected chi connectivity index (χ0v) is 19.8. The Morgan fingerprint density at radius 2 is 1.74 bits per heavy atom. The molecule has 0 aliphatic carbocycles. The van der Waals surface area contributed by atoms with E-state index >= 15 is 0 Å². The number of ketones is 1. The number of carbonyl (C=O) groups is 2. The second kappa shape index (κ2) is 11.0. The summed E-state index contributed by atoms with van der Waals surface area (Å²) >= 11 is 1.10. The second-order valence-corrected chi connectivity index (χ2v) is 8.71. The van der Waals surface area contributed by atoms with Gasteiger partial charge in [0, 0.05) is 11.3 Å². The van der Waals surface area contributed by atoms with Crippen LogP contribution in [-0.4, -0.2) is 21.9 Å². The van der Waals surface area contributed by atoms with Crippen LogP contribution in [0.4, 0.5) is 10.1 Å². The number of carbonyl (C=O) groups excluding carboxylic acids is 2. The van der Waals surface area contributed by atoms with Gasteiger partial charge in [0.15, 0.2) is 11.9 Å². The first-order chi connectivity index (χ1) is 16.9. The second-order valence-electron chi connectivity index (χ2n) is 7.66. The quantitative estimate of drug-likeness (QED) is 0.226. The minimum Gasteiger partial charge on any atom is -0.481 e. The summed E-state index contributed by atoms with van der Waals surface area (Å²) in [6.45, 7) is 3.20. The van der Waals surface area contributed by atoms with Crippen molar-refractivity contribution in [3.8, 4) is 5.75 Å². The van der Waals surface area contributed by atoms with Crippen LogP contribution in [0.15, 0.2) is 88.5 Å². The van der Waals surface area contributed by atoms with E-state index in [9.17, 15) is 14.0 Å². The van der Waals surface area contributed by atoms with E-state index in [0.29, 0.717) is 17.0 Å². The maximum atomic E-state index is 13.2. The number of Topliss-reactive ketones (excluding diaryl/α,β-unsaturated/α-hetero) is 1. The molecule has 1 amide bonds. The zero-order valence-electron chi connectivity index (χ0n) is 19.0. The zero-order chi connectivity index (χ0) is 24.8.